The Bertz CT molecular complexity index is 409. The molecule has 5 nitrogen and oxygen atoms in total. The van der Waals surface area contributed by atoms with Gasteiger partial charge in [0.15, 0.2) is 6.29 Å². The summed E-state index contributed by atoms with van der Waals surface area (Å²) in [6, 6.07) is 0. The molecule has 1 atom stereocenters. The van der Waals surface area contributed by atoms with Gasteiger partial charge in [0.2, 0.25) is 0 Å². The van der Waals surface area contributed by atoms with Crippen molar-refractivity contribution < 1.29 is 14.3 Å². The van der Waals surface area contributed by atoms with E-state index in [4.69, 9.17) is 4.74 Å². The van der Waals surface area contributed by atoms with E-state index in [1.165, 1.54) is 0 Å². The second-order valence-corrected chi connectivity index (χ2v) is 7.29. The first-order valence-electron chi connectivity index (χ1n) is 6.93. The Labute approximate surface area is 124 Å². The minimum Gasteiger partial charge on any atom is -0.444 e. The quantitative estimate of drug-likeness (QED) is 0.731. The van der Waals surface area contributed by atoms with Gasteiger partial charge in [0.1, 0.15) is 5.60 Å². The molecule has 112 valence electrons. The number of carbonyl (C=O) groups is 2. The average molecular weight is 298 g/mol. The van der Waals surface area contributed by atoms with E-state index >= 15 is 0 Å². The zero-order valence-corrected chi connectivity index (χ0v) is 13.1. The first-order valence-corrected chi connectivity index (χ1v) is 7.81. The third-order valence-electron chi connectivity index (χ3n) is 3.28. The monoisotopic (exact) mass is 298 g/mol. The van der Waals surface area contributed by atoms with Crippen LogP contribution in [0.2, 0.25) is 0 Å². The Morgan fingerprint density at radius 3 is 2.50 bits per heavy atom. The van der Waals surface area contributed by atoms with E-state index in [-0.39, 0.29) is 6.09 Å². The minimum absolute atomic E-state index is 0.233. The van der Waals surface area contributed by atoms with E-state index in [2.05, 4.69) is 4.90 Å². The van der Waals surface area contributed by atoms with Gasteiger partial charge in [-0.1, -0.05) is 6.08 Å². The van der Waals surface area contributed by atoms with Gasteiger partial charge in [0.25, 0.3) is 0 Å². The second kappa shape index (κ2) is 6.18. The van der Waals surface area contributed by atoms with E-state index in [9.17, 15) is 9.59 Å². The van der Waals surface area contributed by atoms with Crippen molar-refractivity contribution in [3.8, 4) is 0 Å². The van der Waals surface area contributed by atoms with Crippen LogP contribution in [-0.4, -0.2) is 59.3 Å². The molecule has 1 fully saturated rings. The lowest BCUT2D eigenvalue weighted by Crippen LogP contribution is -2.51. The van der Waals surface area contributed by atoms with Crippen LogP contribution in [0.25, 0.3) is 0 Å². The van der Waals surface area contributed by atoms with Crippen molar-refractivity contribution in [1.82, 2.24) is 9.80 Å². The Hall–Kier alpha value is -1.01. The third-order valence-corrected chi connectivity index (χ3v) is 4.58. The van der Waals surface area contributed by atoms with Crippen molar-refractivity contribution in [2.24, 2.45) is 0 Å². The van der Waals surface area contributed by atoms with Crippen LogP contribution in [0.4, 0.5) is 4.79 Å². The fourth-order valence-corrected chi connectivity index (χ4v) is 3.40. The zero-order chi connectivity index (χ0) is 14.8. The van der Waals surface area contributed by atoms with Crippen LogP contribution in [0, 0.1) is 0 Å². The van der Waals surface area contributed by atoms with Crippen molar-refractivity contribution in [2.45, 2.75) is 38.2 Å². The standard InChI is InChI=1S/C14H22N2O3S/c1-14(2,3)19-13(18)16-8-6-15(7-9-16)12-5-4-11(10-17)20-12/h4,10,12H,5-9H2,1-3H3. The van der Waals surface area contributed by atoms with Crippen molar-refractivity contribution in [2.75, 3.05) is 26.2 Å². The number of aldehydes is 1. The molecule has 2 rings (SSSR count). The number of carbonyl (C=O) groups excluding carboxylic acids is 2. The van der Waals surface area contributed by atoms with E-state index < -0.39 is 5.60 Å². The first kappa shape index (κ1) is 15.4. The molecule has 1 amide bonds. The Kier molecular flexibility index (Phi) is 4.75. The van der Waals surface area contributed by atoms with Crippen LogP contribution in [0.15, 0.2) is 11.0 Å². The van der Waals surface area contributed by atoms with Gasteiger partial charge >= 0.3 is 6.09 Å². The van der Waals surface area contributed by atoms with Crippen LogP contribution in [0.3, 0.4) is 0 Å². The maximum absolute atomic E-state index is 12.0. The van der Waals surface area contributed by atoms with Gasteiger partial charge in [-0.3, -0.25) is 9.69 Å². The molecular formula is C14H22N2O3S. The number of hydrogen-bond acceptors (Lipinski definition) is 5. The number of allylic oxidation sites excluding steroid dienone is 1. The van der Waals surface area contributed by atoms with Crippen molar-refractivity contribution in [3.63, 3.8) is 0 Å². The molecule has 0 spiro atoms. The number of ether oxygens (including phenoxy) is 1. The van der Waals surface area contributed by atoms with Crippen molar-refractivity contribution in [3.05, 3.63) is 11.0 Å². The molecule has 0 aromatic rings. The Morgan fingerprint density at radius 1 is 1.35 bits per heavy atom. The molecule has 2 heterocycles. The first-order chi connectivity index (χ1) is 9.39. The molecule has 0 aromatic carbocycles. The highest BCUT2D eigenvalue weighted by molar-refractivity contribution is 8.04. The van der Waals surface area contributed by atoms with Gasteiger partial charge in [-0.25, -0.2) is 4.79 Å². The van der Waals surface area contributed by atoms with Crippen LogP contribution in [-0.2, 0) is 9.53 Å². The summed E-state index contributed by atoms with van der Waals surface area (Å²) in [6.45, 7) is 8.66. The molecule has 20 heavy (non-hydrogen) atoms. The van der Waals surface area contributed by atoms with Crippen LogP contribution >= 0.6 is 11.8 Å². The third kappa shape index (κ3) is 3.99. The van der Waals surface area contributed by atoms with Gasteiger partial charge in [-0.2, -0.15) is 0 Å². The number of rotatable bonds is 2. The highest BCUT2D eigenvalue weighted by atomic mass is 32.2. The molecule has 2 aliphatic rings. The van der Waals surface area contributed by atoms with E-state index in [1.54, 1.807) is 16.7 Å². The van der Waals surface area contributed by atoms with E-state index in [1.807, 2.05) is 26.8 Å². The fourth-order valence-electron chi connectivity index (χ4n) is 2.29. The predicted molar refractivity (Wildman–Crippen MR) is 79.5 cm³/mol. The maximum Gasteiger partial charge on any atom is 0.410 e. The van der Waals surface area contributed by atoms with Crippen LogP contribution < -0.4 is 0 Å². The summed E-state index contributed by atoms with van der Waals surface area (Å²) < 4.78 is 5.38. The zero-order valence-electron chi connectivity index (χ0n) is 12.3. The molecule has 1 unspecified atom stereocenters. The lowest BCUT2D eigenvalue weighted by Gasteiger charge is -2.38. The molecule has 0 bridgehead atoms. The average Bonchev–Trinajstić information content (AvgIpc) is 2.85. The van der Waals surface area contributed by atoms with Gasteiger partial charge in [-0.05, 0) is 27.2 Å². The number of thioether (sulfide) groups is 1. The van der Waals surface area contributed by atoms with Crippen molar-refractivity contribution >= 4 is 24.1 Å². The second-order valence-electron chi connectivity index (χ2n) is 6.04. The summed E-state index contributed by atoms with van der Waals surface area (Å²) in [6.07, 6.45) is 3.58. The Morgan fingerprint density at radius 2 is 2.00 bits per heavy atom. The lowest BCUT2D eigenvalue weighted by atomic mass is 10.2. The molecule has 0 aliphatic carbocycles. The van der Waals surface area contributed by atoms with Gasteiger partial charge in [0.05, 0.1) is 5.37 Å². The summed E-state index contributed by atoms with van der Waals surface area (Å²) in [4.78, 5) is 27.6. The largest absolute Gasteiger partial charge is 0.444 e. The van der Waals surface area contributed by atoms with Gasteiger partial charge in [0, 0.05) is 31.1 Å². The minimum atomic E-state index is -0.446. The molecule has 2 aliphatic heterocycles. The lowest BCUT2D eigenvalue weighted by molar-refractivity contribution is -0.104. The molecule has 6 heteroatoms. The van der Waals surface area contributed by atoms with Crippen LogP contribution in [0.1, 0.15) is 27.2 Å². The summed E-state index contributed by atoms with van der Waals surface area (Å²) in [5.74, 6) is 0. The summed E-state index contributed by atoms with van der Waals surface area (Å²) in [5.41, 5.74) is -0.446. The molecule has 0 saturated carbocycles. The molecule has 1 saturated heterocycles. The Balaban J connectivity index is 1.78. The van der Waals surface area contributed by atoms with Gasteiger partial charge in [-0.15, -0.1) is 11.8 Å². The molecular weight excluding hydrogens is 276 g/mol. The number of piperazine rings is 1. The number of amides is 1. The SMILES string of the molecule is CC(C)(C)OC(=O)N1CCN(C2CC=C(C=O)S2)CC1. The fraction of sp³-hybridized carbons (Fsp3) is 0.714. The maximum atomic E-state index is 12.0. The van der Waals surface area contributed by atoms with E-state index in [0.29, 0.717) is 18.5 Å². The topological polar surface area (TPSA) is 49.9 Å². The summed E-state index contributed by atoms with van der Waals surface area (Å²) in [5, 5.41) is 0.344. The molecule has 0 aromatic heterocycles. The number of nitrogens with zero attached hydrogens (tertiary/aromatic N) is 2. The smallest absolute Gasteiger partial charge is 0.410 e. The predicted octanol–water partition coefficient (Wildman–Crippen LogP) is 2.08. The van der Waals surface area contributed by atoms with Gasteiger partial charge < -0.3 is 9.64 Å². The highest BCUT2D eigenvalue weighted by Crippen LogP contribution is 2.33. The normalized spacial score (nSPS) is 24.4. The molecule has 0 N–H and O–H groups in total. The van der Waals surface area contributed by atoms with Crippen molar-refractivity contribution in [1.29, 1.82) is 0 Å². The van der Waals surface area contributed by atoms with E-state index in [0.717, 1.165) is 30.7 Å². The summed E-state index contributed by atoms with van der Waals surface area (Å²) >= 11 is 1.62. The molecule has 0 radical (unpaired) electrons. The summed E-state index contributed by atoms with van der Waals surface area (Å²) in [7, 11) is 0. The highest BCUT2D eigenvalue weighted by Gasteiger charge is 2.30. The number of hydrogen-bond donors (Lipinski definition) is 0. The van der Waals surface area contributed by atoms with Crippen LogP contribution in [0.5, 0.6) is 0 Å².